The Labute approximate surface area is 124 Å². The lowest BCUT2D eigenvalue weighted by Gasteiger charge is -2.25. The third kappa shape index (κ3) is 5.26. The van der Waals surface area contributed by atoms with Crippen molar-refractivity contribution in [2.75, 3.05) is 27.2 Å². The summed E-state index contributed by atoms with van der Waals surface area (Å²) < 4.78 is 0. The summed E-state index contributed by atoms with van der Waals surface area (Å²) in [5.74, 6) is 0.965. The second-order valence-electron chi connectivity index (χ2n) is 6.47. The van der Waals surface area contributed by atoms with E-state index in [0.29, 0.717) is 6.04 Å². The highest BCUT2D eigenvalue weighted by molar-refractivity contribution is 5.19. The zero-order valence-corrected chi connectivity index (χ0v) is 13.1. The minimum Gasteiger partial charge on any atom is -0.309 e. The van der Waals surface area contributed by atoms with Gasteiger partial charge in [-0.25, -0.2) is 0 Å². The first-order valence-corrected chi connectivity index (χ1v) is 8.19. The van der Waals surface area contributed by atoms with Crippen molar-refractivity contribution >= 4 is 0 Å². The molecule has 20 heavy (non-hydrogen) atoms. The van der Waals surface area contributed by atoms with Crippen molar-refractivity contribution in [3.63, 3.8) is 0 Å². The van der Waals surface area contributed by atoms with E-state index in [1.807, 2.05) is 0 Å². The van der Waals surface area contributed by atoms with Gasteiger partial charge in [0.15, 0.2) is 0 Å². The molecule has 0 radical (unpaired) electrons. The summed E-state index contributed by atoms with van der Waals surface area (Å²) in [6.07, 6.45) is 8.60. The first-order valence-electron chi connectivity index (χ1n) is 8.19. The summed E-state index contributed by atoms with van der Waals surface area (Å²) in [5.41, 5.74) is 1.41. The van der Waals surface area contributed by atoms with Gasteiger partial charge in [0, 0.05) is 12.6 Å². The molecule has 2 heteroatoms. The van der Waals surface area contributed by atoms with Crippen LogP contribution in [-0.4, -0.2) is 32.1 Å². The Morgan fingerprint density at radius 2 is 1.80 bits per heavy atom. The van der Waals surface area contributed by atoms with Crippen molar-refractivity contribution in [3.05, 3.63) is 35.9 Å². The zero-order chi connectivity index (χ0) is 14.2. The normalized spacial score (nSPS) is 18.4. The predicted octanol–water partition coefficient (Wildman–Crippen LogP) is 3.85. The molecule has 1 unspecified atom stereocenters. The predicted molar refractivity (Wildman–Crippen MR) is 86.9 cm³/mol. The van der Waals surface area contributed by atoms with E-state index in [4.69, 9.17) is 0 Å². The van der Waals surface area contributed by atoms with Crippen LogP contribution in [0.15, 0.2) is 30.3 Å². The molecule has 0 aliphatic heterocycles. The fourth-order valence-corrected chi connectivity index (χ4v) is 3.28. The Bertz CT molecular complexity index is 355. The number of rotatable bonds is 7. The third-order valence-corrected chi connectivity index (χ3v) is 4.42. The molecular formula is C18H30N2. The van der Waals surface area contributed by atoms with Gasteiger partial charge in [-0.1, -0.05) is 62.4 Å². The molecule has 112 valence electrons. The third-order valence-electron chi connectivity index (χ3n) is 4.42. The molecule has 0 bridgehead atoms. The van der Waals surface area contributed by atoms with Crippen LogP contribution in [-0.2, 0) is 0 Å². The van der Waals surface area contributed by atoms with Gasteiger partial charge in [0.05, 0.1) is 0 Å². The average Bonchev–Trinajstić information content (AvgIpc) is 2.48. The van der Waals surface area contributed by atoms with Gasteiger partial charge in [0.25, 0.3) is 0 Å². The van der Waals surface area contributed by atoms with Gasteiger partial charge in [0.1, 0.15) is 0 Å². The Kier molecular flexibility index (Phi) is 6.55. The van der Waals surface area contributed by atoms with Crippen LogP contribution >= 0.6 is 0 Å². The van der Waals surface area contributed by atoms with Gasteiger partial charge < -0.3 is 10.2 Å². The number of nitrogens with zero attached hydrogens (tertiary/aromatic N) is 1. The number of hydrogen-bond acceptors (Lipinski definition) is 2. The number of likely N-dealkylation sites (N-methyl/N-ethyl adjacent to an activating group) is 1. The van der Waals surface area contributed by atoms with Crippen molar-refractivity contribution in [3.8, 4) is 0 Å². The van der Waals surface area contributed by atoms with E-state index in [1.165, 1.54) is 44.1 Å². The van der Waals surface area contributed by atoms with Crippen molar-refractivity contribution in [2.24, 2.45) is 5.92 Å². The molecule has 2 nitrogen and oxygen atoms in total. The second-order valence-corrected chi connectivity index (χ2v) is 6.47. The maximum atomic E-state index is 3.77. The lowest BCUT2D eigenvalue weighted by molar-refractivity contribution is 0.307. The van der Waals surface area contributed by atoms with Gasteiger partial charge in [-0.05, 0) is 38.5 Å². The molecule has 1 fully saturated rings. The van der Waals surface area contributed by atoms with Gasteiger partial charge in [-0.3, -0.25) is 0 Å². The molecule has 1 aromatic rings. The highest BCUT2D eigenvalue weighted by Gasteiger charge is 2.15. The Hall–Kier alpha value is -0.860. The molecule has 1 aromatic carbocycles. The molecule has 1 atom stereocenters. The van der Waals surface area contributed by atoms with Gasteiger partial charge in [-0.2, -0.15) is 0 Å². The van der Waals surface area contributed by atoms with Gasteiger partial charge in [-0.15, -0.1) is 0 Å². The average molecular weight is 274 g/mol. The van der Waals surface area contributed by atoms with Crippen molar-refractivity contribution in [2.45, 2.75) is 44.6 Å². The molecule has 1 N–H and O–H groups in total. The highest BCUT2D eigenvalue weighted by atomic mass is 15.1. The zero-order valence-electron chi connectivity index (χ0n) is 13.1. The van der Waals surface area contributed by atoms with Crippen LogP contribution < -0.4 is 5.32 Å². The van der Waals surface area contributed by atoms with Gasteiger partial charge >= 0.3 is 0 Å². The fourth-order valence-electron chi connectivity index (χ4n) is 3.28. The van der Waals surface area contributed by atoms with E-state index in [0.717, 1.165) is 19.0 Å². The SMILES string of the molecule is CN(C)CC(NCCC1CCCCC1)c1ccccc1. The summed E-state index contributed by atoms with van der Waals surface area (Å²) in [6.45, 7) is 2.22. The van der Waals surface area contributed by atoms with Crippen LogP contribution in [0.4, 0.5) is 0 Å². The highest BCUT2D eigenvalue weighted by Crippen LogP contribution is 2.26. The summed E-state index contributed by atoms with van der Waals surface area (Å²) in [5, 5.41) is 3.77. The van der Waals surface area contributed by atoms with E-state index >= 15 is 0 Å². The lowest BCUT2D eigenvalue weighted by Crippen LogP contribution is -2.32. The van der Waals surface area contributed by atoms with E-state index in [9.17, 15) is 0 Å². The van der Waals surface area contributed by atoms with Crippen LogP contribution in [0.2, 0.25) is 0 Å². The lowest BCUT2D eigenvalue weighted by atomic mass is 9.87. The van der Waals surface area contributed by atoms with Crippen molar-refractivity contribution < 1.29 is 0 Å². The summed E-state index contributed by atoms with van der Waals surface area (Å²) >= 11 is 0. The number of nitrogens with one attached hydrogen (secondary N) is 1. The van der Waals surface area contributed by atoms with E-state index in [-0.39, 0.29) is 0 Å². The van der Waals surface area contributed by atoms with Gasteiger partial charge in [0.2, 0.25) is 0 Å². The molecule has 1 aliphatic rings. The maximum Gasteiger partial charge on any atom is 0.0449 e. The van der Waals surface area contributed by atoms with E-state index in [1.54, 1.807) is 0 Å². The first-order chi connectivity index (χ1) is 9.75. The Morgan fingerprint density at radius 3 is 2.45 bits per heavy atom. The number of benzene rings is 1. The molecule has 0 heterocycles. The quantitative estimate of drug-likeness (QED) is 0.812. The minimum atomic E-state index is 0.454. The minimum absolute atomic E-state index is 0.454. The number of hydrogen-bond donors (Lipinski definition) is 1. The maximum absolute atomic E-state index is 3.77. The first kappa shape index (κ1) is 15.5. The van der Waals surface area contributed by atoms with Crippen LogP contribution in [0.3, 0.4) is 0 Å². The van der Waals surface area contributed by atoms with E-state index < -0.39 is 0 Å². The molecule has 2 rings (SSSR count). The molecule has 1 saturated carbocycles. The standard InChI is InChI=1S/C18H30N2/c1-20(2)15-18(17-11-7-4-8-12-17)19-14-13-16-9-5-3-6-10-16/h4,7-8,11-12,16,18-19H,3,5-6,9-10,13-15H2,1-2H3. The van der Waals surface area contributed by atoms with Crippen LogP contribution in [0, 0.1) is 5.92 Å². The second kappa shape index (κ2) is 8.43. The monoisotopic (exact) mass is 274 g/mol. The Balaban J connectivity index is 1.81. The smallest absolute Gasteiger partial charge is 0.0449 e. The van der Waals surface area contributed by atoms with Crippen LogP contribution in [0.5, 0.6) is 0 Å². The topological polar surface area (TPSA) is 15.3 Å². The molecule has 1 aliphatic carbocycles. The van der Waals surface area contributed by atoms with E-state index in [2.05, 4.69) is 54.6 Å². The molecule has 0 saturated heterocycles. The molecule has 0 aromatic heterocycles. The fraction of sp³-hybridized carbons (Fsp3) is 0.667. The molecule has 0 spiro atoms. The van der Waals surface area contributed by atoms with Crippen molar-refractivity contribution in [1.82, 2.24) is 10.2 Å². The summed E-state index contributed by atoms with van der Waals surface area (Å²) in [6, 6.07) is 11.3. The molecular weight excluding hydrogens is 244 g/mol. The summed E-state index contributed by atoms with van der Waals surface area (Å²) in [4.78, 5) is 2.27. The van der Waals surface area contributed by atoms with Crippen LogP contribution in [0.1, 0.15) is 50.1 Å². The Morgan fingerprint density at radius 1 is 1.10 bits per heavy atom. The van der Waals surface area contributed by atoms with Crippen LogP contribution in [0.25, 0.3) is 0 Å². The molecule has 0 amide bonds. The largest absolute Gasteiger partial charge is 0.309 e. The summed E-state index contributed by atoms with van der Waals surface area (Å²) in [7, 11) is 4.30. The van der Waals surface area contributed by atoms with Crippen molar-refractivity contribution in [1.29, 1.82) is 0 Å².